The summed E-state index contributed by atoms with van der Waals surface area (Å²) < 4.78 is 4.83. The van der Waals surface area contributed by atoms with Gasteiger partial charge in [-0.15, -0.1) is 0 Å². The Morgan fingerprint density at radius 2 is 1.74 bits per heavy atom. The van der Waals surface area contributed by atoms with Crippen LogP contribution in [0.25, 0.3) is 0 Å². The summed E-state index contributed by atoms with van der Waals surface area (Å²) in [7, 11) is 0. The molecule has 0 saturated heterocycles. The molecule has 1 aliphatic heterocycles. The van der Waals surface area contributed by atoms with Crippen LogP contribution in [0.5, 0.6) is 0 Å². The predicted molar refractivity (Wildman–Crippen MR) is 96.9 cm³/mol. The molecule has 1 aliphatic carbocycles. The Morgan fingerprint density at radius 1 is 1.11 bits per heavy atom. The predicted octanol–water partition coefficient (Wildman–Crippen LogP) is 1.77. The van der Waals surface area contributed by atoms with Gasteiger partial charge >= 0.3 is 5.97 Å². The molecule has 0 bridgehead atoms. The molecule has 1 heterocycles. The fourth-order valence-electron chi connectivity index (χ4n) is 3.91. The number of rotatable bonds is 6. The number of carbonyl (C=O) groups is 4. The van der Waals surface area contributed by atoms with Crippen LogP contribution in [0.3, 0.4) is 0 Å². The van der Waals surface area contributed by atoms with Gasteiger partial charge in [-0.25, -0.2) is 0 Å². The second kappa shape index (κ2) is 8.33. The molecule has 0 spiro atoms. The van der Waals surface area contributed by atoms with Crippen LogP contribution in [-0.4, -0.2) is 48.3 Å². The number of hydrogen-bond acceptors (Lipinski definition) is 5. The summed E-state index contributed by atoms with van der Waals surface area (Å²) in [5.41, 5.74) is 0.836. The van der Waals surface area contributed by atoms with Crippen LogP contribution in [0.15, 0.2) is 24.3 Å². The Bertz CT molecular complexity index is 725. The van der Waals surface area contributed by atoms with Crippen molar-refractivity contribution in [3.05, 3.63) is 35.4 Å². The highest BCUT2D eigenvalue weighted by molar-refractivity contribution is 6.21. The van der Waals surface area contributed by atoms with E-state index in [-0.39, 0.29) is 49.3 Å². The SMILES string of the molecule is CCOC(=O)CNC(=O)C1CCCCC1CN1C(=O)c2ccccc2C1=O. The van der Waals surface area contributed by atoms with E-state index in [4.69, 9.17) is 4.74 Å². The van der Waals surface area contributed by atoms with Gasteiger partial charge in [0.05, 0.1) is 17.7 Å². The monoisotopic (exact) mass is 372 g/mol. The molecule has 7 heteroatoms. The van der Waals surface area contributed by atoms with Gasteiger partial charge in [0.2, 0.25) is 5.91 Å². The molecule has 0 aromatic heterocycles. The van der Waals surface area contributed by atoms with Crippen molar-refractivity contribution in [2.75, 3.05) is 19.7 Å². The third kappa shape index (κ3) is 4.02. The Morgan fingerprint density at radius 3 is 2.37 bits per heavy atom. The minimum Gasteiger partial charge on any atom is -0.465 e. The van der Waals surface area contributed by atoms with Crippen molar-refractivity contribution in [1.82, 2.24) is 10.2 Å². The number of imide groups is 1. The van der Waals surface area contributed by atoms with Gasteiger partial charge in [0.25, 0.3) is 11.8 Å². The van der Waals surface area contributed by atoms with Gasteiger partial charge < -0.3 is 10.1 Å². The van der Waals surface area contributed by atoms with Crippen LogP contribution < -0.4 is 5.32 Å². The summed E-state index contributed by atoms with van der Waals surface area (Å²) in [6, 6.07) is 6.78. The molecule has 3 amide bonds. The molecule has 2 unspecified atom stereocenters. The molecule has 144 valence electrons. The fraction of sp³-hybridized carbons (Fsp3) is 0.500. The molecule has 0 radical (unpaired) electrons. The molecule has 27 heavy (non-hydrogen) atoms. The third-order valence-electron chi connectivity index (χ3n) is 5.25. The van der Waals surface area contributed by atoms with Crippen LogP contribution in [-0.2, 0) is 14.3 Å². The molecule has 1 fully saturated rings. The van der Waals surface area contributed by atoms with E-state index in [0.29, 0.717) is 17.5 Å². The van der Waals surface area contributed by atoms with Gasteiger partial charge in [-0.05, 0) is 37.8 Å². The fourth-order valence-corrected chi connectivity index (χ4v) is 3.91. The molecule has 1 aromatic rings. The lowest BCUT2D eigenvalue weighted by atomic mass is 9.78. The molecule has 2 aliphatic rings. The van der Waals surface area contributed by atoms with Crippen molar-refractivity contribution in [1.29, 1.82) is 0 Å². The summed E-state index contributed by atoms with van der Waals surface area (Å²) >= 11 is 0. The van der Waals surface area contributed by atoms with Crippen molar-refractivity contribution in [3.63, 3.8) is 0 Å². The Balaban J connectivity index is 1.66. The quantitative estimate of drug-likeness (QED) is 0.607. The van der Waals surface area contributed by atoms with Gasteiger partial charge in [-0.3, -0.25) is 24.1 Å². The van der Waals surface area contributed by atoms with Crippen LogP contribution in [0.1, 0.15) is 53.3 Å². The van der Waals surface area contributed by atoms with Crippen LogP contribution in [0.2, 0.25) is 0 Å². The summed E-state index contributed by atoms with van der Waals surface area (Å²) in [5.74, 6) is -1.72. The molecule has 1 N–H and O–H groups in total. The summed E-state index contributed by atoms with van der Waals surface area (Å²) in [5, 5.41) is 2.63. The smallest absolute Gasteiger partial charge is 0.325 e. The first-order valence-electron chi connectivity index (χ1n) is 9.41. The average molecular weight is 372 g/mol. The molecule has 1 saturated carbocycles. The summed E-state index contributed by atoms with van der Waals surface area (Å²) in [4.78, 5) is 50.5. The first-order chi connectivity index (χ1) is 13.0. The van der Waals surface area contributed by atoms with Gasteiger partial charge in [-0.1, -0.05) is 25.0 Å². The minimum absolute atomic E-state index is 0.108. The summed E-state index contributed by atoms with van der Waals surface area (Å²) in [6.07, 6.45) is 3.32. The van der Waals surface area contributed by atoms with Gasteiger partial charge in [0, 0.05) is 12.5 Å². The zero-order valence-corrected chi connectivity index (χ0v) is 15.4. The molecule has 1 aromatic carbocycles. The van der Waals surface area contributed by atoms with E-state index >= 15 is 0 Å². The molecular formula is C20H24N2O5. The second-order valence-electron chi connectivity index (χ2n) is 6.94. The van der Waals surface area contributed by atoms with Crippen LogP contribution >= 0.6 is 0 Å². The zero-order valence-electron chi connectivity index (χ0n) is 15.4. The van der Waals surface area contributed by atoms with E-state index in [1.807, 2.05) is 0 Å². The summed E-state index contributed by atoms with van der Waals surface area (Å²) in [6.45, 7) is 2.03. The number of carbonyl (C=O) groups excluding carboxylic acids is 4. The van der Waals surface area contributed by atoms with E-state index in [9.17, 15) is 19.2 Å². The first-order valence-corrected chi connectivity index (χ1v) is 9.41. The van der Waals surface area contributed by atoms with E-state index in [1.165, 1.54) is 4.90 Å². The highest BCUT2D eigenvalue weighted by atomic mass is 16.5. The number of benzene rings is 1. The largest absolute Gasteiger partial charge is 0.465 e. The average Bonchev–Trinajstić information content (AvgIpc) is 2.92. The molecule has 7 nitrogen and oxygen atoms in total. The number of esters is 1. The van der Waals surface area contributed by atoms with Crippen molar-refractivity contribution in [2.45, 2.75) is 32.6 Å². The lowest BCUT2D eigenvalue weighted by Crippen LogP contribution is -2.44. The lowest BCUT2D eigenvalue weighted by Gasteiger charge is -2.32. The van der Waals surface area contributed by atoms with Crippen LogP contribution in [0.4, 0.5) is 0 Å². The standard InChI is InChI=1S/C20H24N2O5/c1-2-27-17(23)11-21-18(24)14-8-4-3-7-13(14)12-22-19(25)15-9-5-6-10-16(15)20(22)26/h5-6,9-10,13-14H,2-4,7-8,11-12H2,1H3,(H,21,24). The maximum Gasteiger partial charge on any atom is 0.325 e. The van der Waals surface area contributed by atoms with Crippen molar-refractivity contribution in [3.8, 4) is 0 Å². The Hall–Kier alpha value is -2.70. The van der Waals surface area contributed by atoms with Crippen molar-refractivity contribution >= 4 is 23.7 Å². The van der Waals surface area contributed by atoms with E-state index < -0.39 is 5.97 Å². The molecular weight excluding hydrogens is 348 g/mol. The van der Waals surface area contributed by atoms with Gasteiger partial charge in [-0.2, -0.15) is 0 Å². The molecule has 2 atom stereocenters. The third-order valence-corrected chi connectivity index (χ3v) is 5.25. The number of nitrogens with zero attached hydrogens (tertiary/aromatic N) is 1. The van der Waals surface area contributed by atoms with E-state index in [1.54, 1.807) is 31.2 Å². The Kier molecular flexibility index (Phi) is 5.88. The highest BCUT2D eigenvalue weighted by Crippen LogP contribution is 2.33. The number of amides is 3. The lowest BCUT2D eigenvalue weighted by molar-refractivity contribution is -0.144. The highest BCUT2D eigenvalue weighted by Gasteiger charge is 2.40. The Labute approximate surface area is 158 Å². The van der Waals surface area contributed by atoms with Crippen LogP contribution in [0, 0.1) is 11.8 Å². The number of hydrogen-bond donors (Lipinski definition) is 1. The number of nitrogens with one attached hydrogen (secondary N) is 1. The number of ether oxygens (including phenoxy) is 1. The maximum absolute atomic E-state index is 12.6. The van der Waals surface area contributed by atoms with Gasteiger partial charge in [0.15, 0.2) is 0 Å². The van der Waals surface area contributed by atoms with E-state index in [2.05, 4.69) is 5.32 Å². The van der Waals surface area contributed by atoms with Crippen molar-refractivity contribution in [2.24, 2.45) is 11.8 Å². The normalized spacial score (nSPS) is 21.7. The van der Waals surface area contributed by atoms with E-state index in [0.717, 1.165) is 19.3 Å². The topological polar surface area (TPSA) is 92.8 Å². The number of fused-ring (bicyclic) bond motifs is 1. The maximum atomic E-state index is 12.6. The molecule has 3 rings (SSSR count). The van der Waals surface area contributed by atoms with Crippen molar-refractivity contribution < 1.29 is 23.9 Å². The first kappa shape index (κ1) is 19.1. The van der Waals surface area contributed by atoms with Gasteiger partial charge in [0.1, 0.15) is 6.54 Å². The minimum atomic E-state index is -0.474. The second-order valence-corrected chi connectivity index (χ2v) is 6.94. The zero-order chi connectivity index (χ0) is 19.4.